The van der Waals surface area contributed by atoms with Gasteiger partial charge in [0.15, 0.2) is 0 Å². The molecule has 0 aliphatic rings. The van der Waals surface area contributed by atoms with Crippen LogP contribution in [0.4, 0.5) is 0 Å². The van der Waals surface area contributed by atoms with Crippen molar-refractivity contribution in [2.24, 2.45) is 11.7 Å². The zero-order valence-corrected chi connectivity index (χ0v) is 12.9. The Kier molecular flexibility index (Phi) is 7.59. The molecular weight excluding hydrogens is 252 g/mol. The molecule has 0 aliphatic heterocycles. The van der Waals surface area contributed by atoms with Gasteiger partial charge in [0, 0.05) is 19.6 Å². The molecule has 3 N–H and O–H groups in total. The Hall–Kier alpha value is -1.10. The van der Waals surface area contributed by atoms with Gasteiger partial charge >= 0.3 is 0 Å². The van der Waals surface area contributed by atoms with Gasteiger partial charge in [0.05, 0.1) is 0 Å². The maximum absolute atomic E-state index is 9.98. The van der Waals surface area contributed by atoms with Crippen LogP contribution in [0.3, 0.4) is 0 Å². The van der Waals surface area contributed by atoms with E-state index in [0.717, 1.165) is 24.3 Å². The van der Waals surface area contributed by atoms with Crippen LogP contribution in [0.5, 0.6) is 5.75 Å². The van der Waals surface area contributed by atoms with Crippen LogP contribution in [0, 0.1) is 5.92 Å². The third kappa shape index (κ3) is 6.37. The highest BCUT2D eigenvalue weighted by Crippen LogP contribution is 2.12. The highest BCUT2D eigenvalue weighted by molar-refractivity contribution is 5.27. The van der Waals surface area contributed by atoms with Crippen LogP contribution in [-0.2, 0) is 6.54 Å². The van der Waals surface area contributed by atoms with Crippen molar-refractivity contribution in [2.75, 3.05) is 26.7 Å². The first-order valence-corrected chi connectivity index (χ1v) is 7.33. The number of rotatable bonds is 9. The Morgan fingerprint density at radius 3 is 2.45 bits per heavy atom. The first-order chi connectivity index (χ1) is 9.55. The van der Waals surface area contributed by atoms with Gasteiger partial charge in [0.2, 0.25) is 0 Å². The zero-order chi connectivity index (χ0) is 15.0. The molecule has 4 heteroatoms. The molecule has 0 radical (unpaired) electrons. The Morgan fingerprint density at radius 1 is 1.25 bits per heavy atom. The van der Waals surface area contributed by atoms with Crippen molar-refractivity contribution in [3.63, 3.8) is 0 Å². The summed E-state index contributed by atoms with van der Waals surface area (Å²) < 4.78 is 5.58. The van der Waals surface area contributed by atoms with Gasteiger partial charge in [-0.05, 0) is 30.7 Å². The van der Waals surface area contributed by atoms with E-state index in [1.807, 2.05) is 31.3 Å². The summed E-state index contributed by atoms with van der Waals surface area (Å²) in [4.78, 5) is 2.15. The van der Waals surface area contributed by atoms with E-state index in [-0.39, 0.29) is 0 Å². The Bertz CT molecular complexity index is 367. The van der Waals surface area contributed by atoms with Crippen LogP contribution in [0.25, 0.3) is 0 Å². The highest BCUT2D eigenvalue weighted by atomic mass is 16.5. The fourth-order valence-electron chi connectivity index (χ4n) is 2.06. The first kappa shape index (κ1) is 17.0. The summed E-state index contributed by atoms with van der Waals surface area (Å²) in [5.74, 6) is 1.42. The van der Waals surface area contributed by atoms with E-state index in [1.54, 1.807) is 0 Å². The third-order valence-corrected chi connectivity index (χ3v) is 3.44. The average Bonchev–Trinajstić information content (AvgIpc) is 2.45. The minimum atomic E-state index is -0.474. The Balaban J connectivity index is 2.29. The van der Waals surface area contributed by atoms with Crippen molar-refractivity contribution in [3.05, 3.63) is 29.8 Å². The molecule has 0 aromatic heterocycles. The number of likely N-dealkylation sites (N-methyl/N-ethyl adjacent to an activating group) is 1. The van der Waals surface area contributed by atoms with Crippen LogP contribution < -0.4 is 10.5 Å². The number of nitrogens with two attached hydrogens (primary N) is 1. The van der Waals surface area contributed by atoms with Crippen molar-refractivity contribution in [2.45, 2.75) is 32.9 Å². The number of hydrogen-bond acceptors (Lipinski definition) is 4. The molecule has 0 amide bonds. The van der Waals surface area contributed by atoms with Crippen LogP contribution in [-0.4, -0.2) is 42.9 Å². The van der Waals surface area contributed by atoms with Crippen LogP contribution in [0.1, 0.15) is 25.8 Å². The van der Waals surface area contributed by atoms with Crippen molar-refractivity contribution >= 4 is 0 Å². The topological polar surface area (TPSA) is 58.7 Å². The maximum Gasteiger partial charge on any atom is 0.119 e. The van der Waals surface area contributed by atoms with Gasteiger partial charge in [-0.3, -0.25) is 0 Å². The summed E-state index contributed by atoms with van der Waals surface area (Å²) in [7, 11) is 2.03. The van der Waals surface area contributed by atoms with Gasteiger partial charge < -0.3 is 20.5 Å². The van der Waals surface area contributed by atoms with Crippen LogP contribution in [0.2, 0.25) is 0 Å². The third-order valence-electron chi connectivity index (χ3n) is 3.44. The number of hydrogen-bond donors (Lipinski definition) is 2. The summed E-state index contributed by atoms with van der Waals surface area (Å²) in [6, 6.07) is 7.66. The molecule has 114 valence electrons. The van der Waals surface area contributed by atoms with Crippen molar-refractivity contribution in [3.8, 4) is 5.75 Å². The summed E-state index contributed by atoms with van der Waals surface area (Å²) >= 11 is 0. The molecule has 0 spiro atoms. The Labute approximate surface area is 122 Å². The van der Waals surface area contributed by atoms with Gasteiger partial charge in [0.1, 0.15) is 18.5 Å². The molecule has 2 unspecified atom stereocenters. The monoisotopic (exact) mass is 280 g/mol. The summed E-state index contributed by atoms with van der Waals surface area (Å²) in [5, 5.41) is 9.98. The molecule has 4 nitrogen and oxygen atoms in total. The predicted octanol–water partition coefficient (Wildman–Crippen LogP) is 1.86. The quantitative estimate of drug-likeness (QED) is 0.725. The summed E-state index contributed by atoms with van der Waals surface area (Å²) in [6.45, 7) is 6.88. The van der Waals surface area contributed by atoms with E-state index in [1.165, 1.54) is 0 Å². The highest BCUT2D eigenvalue weighted by Gasteiger charge is 2.11. The predicted molar refractivity (Wildman–Crippen MR) is 82.8 cm³/mol. The minimum absolute atomic E-state index is 0.312. The largest absolute Gasteiger partial charge is 0.491 e. The van der Waals surface area contributed by atoms with E-state index in [9.17, 15) is 5.11 Å². The smallest absolute Gasteiger partial charge is 0.119 e. The van der Waals surface area contributed by atoms with Crippen molar-refractivity contribution in [1.82, 2.24) is 4.90 Å². The minimum Gasteiger partial charge on any atom is -0.491 e. The lowest BCUT2D eigenvalue weighted by molar-refractivity contribution is 0.0723. The van der Waals surface area contributed by atoms with E-state index in [2.05, 4.69) is 18.7 Å². The average molecular weight is 280 g/mol. The molecule has 0 saturated carbocycles. The second kappa shape index (κ2) is 8.95. The first-order valence-electron chi connectivity index (χ1n) is 7.33. The molecule has 1 aromatic carbocycles. The van der Waals surface area contributed by atoms with Gasteiger partial charge in [-0.2, -0.15) is 0 Å². The lowest BCUT2D eigenvalue weighted by Crippen LogP contribution is -2.35. The lowest BCUT2D eigenvalue weighted by Gasteiger charge is -2.23. The molecular formula is C16H28N2O2. The second-order valence-corrected chi connectivity index (χ2v) is 5.55. The van der Waals surface area contributed by atoms with Gasteiger partial charge in [-0.25, -0.2) is 0 Å². The van der Waals surface area contributed by atoms with Gasteiger partial charge in [0.25, 0.3) is 0 Å². The fourth-order valence-corrected chi connectivity index (χ4v) is 2.06. The number of aliphatic hydroxyl groups is 1. The fraction of sp³-hybridized carbons (Fsp3) is 0.625. The van der Waals surface area contributed by atoms with Crippen molar-refractivity contribution < 1.29 is 9.84 Å². The van der Waals surface area contributed by atoms with E-state index < -0.39 is 6.10 Å². The van der Waals surface area contributed by atoms with Crippen LogP contribution >= 0.6 is 0 Å². The number of benzene rings is 1. The Morgan fingerprint density at radius 2 is 1.90 bits per heavy atom. The molecule has 2 atom stereocenters. The molecule has 1 rings (SSSR count). The van der Waals surface area contributed by atoms with Crippen molar-refractivity contribution in [1.29, 1.82) is 0 Å². The molecule has 0 aliphatic carbocycles. The number of nitrogens with zero attached hydrogens (tertiary/aromatic N) is 1. The molecule has 20 heavy (non-hydrogen) atoms. The summed E-state index contributed by atoms with van der Waals surface area (Å²) in [5.41, 5.74) is 6.62. The zero-order valence-electron chi connectivity index (χ0n) is 12.9. The molecule has 0 bridgehead atoms. The van der Waals surface area contributed by atoms with Crippen LogP contribution in [0.15, 0.2) is 24.3 Å². The van der Waals surface area contributed by atoms with Gasteiger partial charge in [-0.15, -0.1) is 0 Å². The molecule has 0 heterocycles. The standard InChI is InChI=1S/C16H28N2O2/c1-4-13(2)10-18(3)11-15(19)12-20-16-7-5-14(9-17)6-8-16/h5-8,13,15,19H,4,9-12,17H2,1-3H3. The number of aliphatic hydroxyl groups excluding tert-OH is 1. The maximum atomic E-state index is 9.98. The normalized spacial score (nSPS) is 14.3. The molecule has 0 fully saturated rings. The second-order valence-electron chi connectivity index (χ2n) is 5.55. The SMILES string of the molecule is CCC(C)CN(C)CC(O)COc1ccc(CN)cc1. The van der Waals surface area contributed by atoms with E-state index in [4.69, 9.17) is 10.5 Å². The lowest BCUT2D eigenvalue weighted by atomic mass is 10.1. The van der Waals surface area contributed by atoms with E-state index >= 15 is 0 Å². The van der Waals surface area contributed by atoms with Gasteiger partial charge in [-0.1, -0.05) is 32.4 Å². The van der Waals surface area contributed by atoms with E-state index in [0.29, 0.717) is 25.6 Å². The summed E-state index contributed by atoms with van der Waals surface area (Å²) in [6.07, 6.45) is 0.683. The molecule has 0 saturated heterocycles. The molecule has 1 aromatic rings. The number of ether oxygens (including phenoxy) is 1.